The summed E-state index contributed by atoms with van der Waals surface area (Å²) in [6.45, 7) is 2.52. The number of benzene rings is 1. The number of carbonyl (C=O) groups excluding carboxylic acids is 2. The molecule has 2 aromatic heterocycles. The van der Waals surface area contributed by atoms with Crippen molar-refractivity contribution in [1.29, 1.82) is 0 Å². The molecule has 0 saturated carbocycles. The lowest BCUT2D eigenvalue weighted by molar-refractivity contribution is -0.129. The number of nitrogens with zero attached hydrogens (tertiary/aromatic N) is 4. The van der Waals surface area contributed by atoms with Crippen molar-refractivity contribution in [1.82, 2.24) is 14.3 Å². The number of aryl methyl sites for hydroxylation is 1. The van der Waals surface area contributed by atoms with E-state index in [1.54, 1.807) is 18.2 Å². The fourth-order valence-electron chi connectivity index (χ4n) is 3.32. The molecule has 0 radical (unpaired) electrons. The molecule has 0 N–H and O–H groups in total. The average molecular weight is 443 g/mol. The highest BCUT2D eigenvalue weighted by Crippen LogP contribution is 2.27. The third-order valence-corrected chi connectivity index (χ3v) is 5.79. The summed E-state index contributed by atoms with van der Waals surface area (Å²) < 4.78 is 7.99. The van der Waals surface area contributed by atoms with Gasteiger partial charge in [0.1, 0.15) is 17.2 Å². The normalized spacial score (nSPS) is 14.8. The van der Waals surface area contributed by atoms with Gasteiger partial charge in [-0.05, 0) is 30.7 Å². The van der Waals surface area contributed by atoms with E-state index < -0.39 is 0 Å². The van der Waals surface area contributed by atoms with Gasteiger partial charge in [0.25, 0.3) is 0 Å². The van der Waals surface area contributed by atoms with Crippen LogP contribution in [0, 0.1) is 6.92 Å². The molecule has 1 aliphatic rings. The predicted molar refractivity (Wildman–Crippen MR) is 109 cm³/mol. The highest BCUT2D eigenvalue weighted by molar-refractivity contribution is 9.10. The van der Waals surface area contributed by atoms with Crippen LogP contribution in [0.3, 0.4) is 0 Å². The van der Waals surface area contributed by atoms with E-state index >= 15 is 0 Å². The van der Waals surface area contributed by atoms with Crippen LogP contribution in [-0.4, -0.2) is 39.9 Å². The number of fused-ring (bicyclic) bond motifs is 1. The van der Waals surface area contributed by atoms with Gasteiger partial charge in [0.2, 0.25) is 5.91 Å². The standard InChI is InChI=1S/C20H19BrN4O3/c1-13-16(21)7-9-23-17(11-22-19(13)23)24-10-8-18(26)25(20(24)27)12-14-3-5-15(28-2)6-4-14/h3-7,9,11H,8,10,12H2,1-2H3. The van der Waals surface area contributed by atoms with E-state index in [1.807, 2.05) is 47.9 Å². The Labute approximate surface area is 170 Å². The molecule has 1 saturated heterocycles. The second kappa shape index (κ2) is 7.27. The maximum Gasteiger partial charge on any atom is 0.332 e. The lowest BCUT2D eigenvalue weighted by Crippen LogP contribution is -2.52. The Bertz CT molecular complexity index is 1060. The lowest BCUT2D eigenvalue weighted by atomic mass is 10.2. The monoisotopic (exact) mass is 442 g/mol. The molecule has 0 bridgehead atoms. The highest BCUT2D eigenvalue weighted by Gasteiger charge is 2.34. The Balaban J connectivity index is 1.64. The van der Waals surface area contributed by atoms with Gasteiger partial charge in [-0.3, -0.25) is 19.0 Å². The van der Waals surface area contributed by atoms with Crippen LogP contribution < -0.4 is 9.64 Å². The first-order chi connectivity index (χ1) is 13.5. The molecule has 3 heterocycles. The number of methoxy groups -OCH3 is 1. The summed E-state index contributed by atoms with van der Waals surface area (Å²) in [7, 11) is 1.60. The molecular weight excluding hydrogens is 424 g/mol. The topological polar surface area (TPSA) is 67.2 Å². The van der Waals surface area contributed by atoms with Crippen molar-refractivity contribution in [2.45, 2.75) is 19.9 Å². The molecule has 0 aliphatic carbocycles. The summed E-state index contributed by atoms with van der Waals surface area (Å²) >= 11 is 3.50. The van der Waals surface area contributed by atoms with Crippen molar-refractivity contribution in [3.05, 3.63) is 58.3 Å². The van der Waals surface area contributed by atoms with Crippen LogP contribution in [-0.2, 0) is 11.3 Å². The highest BCUT2D eigenvalue weighted by atomic mass is 79.9. The van der Waals surface area contributed by atoms with Gasteiger partial charge in [-0.15, -0.1) is 0 Å². The number of amides is 3. The lowest BCUT2D eigenvalue weighted by Gasteiger charge is -2.33. The van der Waals surface area contributed by atoms with Gasteiger partial charge in [-0.1, -0.05) is 28.1 Å². The van der Waals surface area contributed by atoms with Crippen molar-refractivity contribution in [2.75, 3.05) is 18.6 Å². The molecule has 144 valence electrons. The van der Waals surface area contributed by atoms with Gasteiger partial charge in [-0.25, -0.2) is 9.78 Å². The van der Waals surface area contributed by atoms with Crippen molar-refractivity contribution in [2.24, 2.45) is 0 Å². The fraction of sp³-hybridized carbons (Fsp3) is 0.250. The first-order valence-corrected chi connectivity index (χ1v) is 9.66. The number of urea groups is 1. The van der Waals surface area contributed by atoms with E-state index in [2.05, 4.69) is 20.9 Å². The van der Waals surface area contributed by atoms with Crippen LogP contribution in [0.4, 0.5) is 10.6 Å². The van der Waals surface area contributed by atoms with Crippen LogP contribution in [0.25, 0.3) is 5.65 Å². The second-order valence-corrected chi connectivity index (χ2v) is 7.47. The first kappa shape index (κ1) is 18.5. The quantitative estimate of drug-likeness (QED) is 0.616. The van der Waals surface area contributed by atoms with Crippen LogP contribution in [0.2, 0.25) is 0 Å². The Morgan fingerprint density at radius 2 is 1.93 bits per heavy atom. The minimum atomic E-state index is -0.338. The molecule has 4 rings (SSSR count). The maximum absolute atomic E-state index is 13.1. The second-order valence-electron chi connectivity index (χ2n) is 6.61. The van der Waals surface area contributed by atoms with Crippen LogP contribution in [0.1, 0.15) is 17.5 Å². The molecule has 28 heavy (non-hydrogen) atoms. The number of hydrogen-bond donors (Lipinski definition) is 0. The van der Waals surface area contributed by atoms with E-state index in [4.69, 9.17) is 4.74 Å². The van der Waals surface area contributed by atoms with E-state index in [9.17, 15) is 9.59 Å². The fourth-order valence-corrected chi connectivity index (χ4v) is 3.62. The summed E-state index contributed by atoms with van der Waals surface area (Å²) in [5.41, 5.74) is 2.63. The number of anilines is 1. The van der Waals surface area contributed by atoms with E-state index in [-0.39, 0.29) is 24.9 Å². The molecule has 0 spiro atoms. The molecule has 8 heteroatoms. The van der Waals surface area contributed by atoms with Crippen molar-refractivity contribution in [3.8, 4) is 5.75 Å². The largest absolute Gasteiger partial charge is 0.497 e. The summed E-state index contributed by atoms with van der Waals surface area (Å²) in [6, 6.07) is 8.92. The minimum absolute atomic E-state index is 0.176. The summed E-state index contributed by atoms with van der Waals surface area (Å²) in [5, 5.41) is 0. The van der Waals surface area contributed by atoms with E-state index in [0.29, 0.717) is 12.4 Å². The number of aromatic nitrogens is 2. The zero-order valence-electron chi connectivity index (χ0n) is 15.6. The Kier molecular flexibility index (Phi) is 4.80. The third-order valence-electron chi connectivity index (χ3n) is 4.93. The molecular formula is C20H19BrN4O3. The van der Waals surface area contributed by atoms with E-state index in [0.717, 1.165) is 27.0 Å². The first-order valence-electron chi connectivity index (χ1n) is 8.86. The number of pyridine rings is 1. The average Bonchev–Trinajstić information content (AvgIpc) is 3.13. The molecule has 3 amide bonds. The number of ether oxygens (including phenoxy) is 1. The molecule has 3 aromatic rings. The Morgan fingerprint density at radius 1 is 1.18 bits per heavy atom. The van der Waals surface area contributed by atoms with Gasteiger partial charge < -0.3 is 4.74 Å². The van der Waals surface area contributed by atoms with E-state index in [1.165, 1.54) is 4.90 Å². The maximum atomic E-state index is 13.1. The SMILES string of the molecule is COc1ccc(CN2C(=O)CCN(c3cnc4c(C)c(Br)ccn34)C2=O)cc1. The summed E-state index contributed by atoms with van der Waals surface area (Å²) in [5.74, 6) is 1.21. The number of hydrogen-bond acceptors (Lipinski definition) is 4. The number of halogens is 1. The Morgan fingerprint density at radius 3 is 2.64 bits per heavy atom. The molecule has 0 unspecified atom stereocenters. The molecule has 0 atom stereocenters. The van der Waals surface area contributed by atoms with Gasteiger partial charge in [0, 0.05) is 29.2 Å². The van der Waals surface area contributed by atoms with Crippen LogP contribution in [0.5, 0.6) is 5.75 Å². The van der Waals surface area contributed by atoms with Crippen molar-refractivity contribution < 1.29 is 14.3 Å². The predicted octanol–water partition coefficient (Wildman–Crippen LogP) is 3.77. The van der Waals surface area contributed by atoms with Crippen molar-refractivity contribution >= 4 is 39.3 Å². The van der Waals surface area contributed by atoms with Gasteiger partial charge in [0.05, 0.1) is 19.9 Å². The molecule has 7 nitrogen and oxygen atoms in total. The van der Waals surface area contributed by atoms with Gasteiger partial charge in [0.15, 0.2) is 0 Å². The number of rotatable bonds is 4. The van der Waals surface area contributed by atoms with Crippen LogP contribution >= 0.6 is 15.9 Å². The minimum Gasteiger partial charge on any atom is -0.497 e. The number of imidazole rings is 1. The zero-order valence-corrected chi connectivity index (χ0v) is 17.1. The Hall–Kier alpha value is -2.87. The van der Waals surface area contributed by atoms with Crippen LogP contribution in [0.15, 0.2) is 47.2 Å². The van der Waals surface area contributed by atoms with Gasteiger partial charge >= 0.3 is 6.03 Å². The number of carbonyl (C=O) groups is 2. The smallest absolute Gasteiger partial charge is 0.332 e. The molecule has 1 aliphatic heterocycles. The molecule has 1 fully saturated rings. The summed E-state index contributed by atoms with van der Waals surface area (Å²) in [6.07, 6.45) is 3.81. The molecule has 1 aromatic carbocycles. The number of imide groups is 1. The van der Waals surface area contributed by atoms with Gasteiger partial charge in [-0.2, -0.15) is 0 Å². The third kappa shape index (κ3) is 3.13. The summed E-state index contributed by atoms with van der Waals surface area (Å²) in [4.78, 5) is 32.9. The van der Waals surface area contributed by atoms with Crippen molar-refractivity contribution in [3.63, 3.8) is 0 Å². The zero-order chi connectivity index (χ0) is 19.8.